The van der Waals surface area contributed by atoms with Crippen molar-refractivity contribution < 1.29 is 4.42 Å². The van der Waals surface area contributed by atoms with Crippen LogP contribution >= 0.6 is 0 Å². The lowest BCUT2D eigenvalue weighted by Gasteiger charge is -2.05. The van der Waals surface area contributed by atoms with Gasteiger partial charge in [-0.25, -0.2) is 0 Å². The zero-order valence-electron chi connectivity index (χ0n) is 11.5. The molecule has 0 spiro atoms. The molecular formula is C15H16N4O. The summed E-state index contributed by atoms with van der Waals surface area (Å²) in [5.41, 5.74) is 3.78. The maximum Gasteiger partial charge on any atom is 0.297 e. The van der Waals surface area contributed by atoms with Crippen molar-refractivity contribution in [1.29, 1.82) is 0 Å². The molecule has 0 bridgehead atoms. The molecule has 2 aromatic heterocycles. The summed E-state index contributed by atoms with van der Waals surface area (Å²) < 4.78 is 5.68. The average molecular weight is 268 g/mol. The standard InChI is InChI=1S/C15H16N4O/c1-19(2)15-18-13-6-5-12(8-14(13)20-15)17-10-11-4-3-7-16-9-11/h3-9,17H,10H2,1-2H3. The molecule has 0 aliphatic heterocycles. The van der Waals surface area contributed by atoms with Crippen LogP contribution in [0.4, 0.5) is 11.7 Å². The van der Waals surface area contributed by atoms with Gasteiger partial charge >= 0.3 is 0 Å². The predicted octanol–water partition coefficient (Wildman–Crippen LogP) is 2.90. The number of fused-ring (bicyclic) bond motifs is 1. The van der Waals surface area contributed by atoms with E-state index in [1.807, 2.05) is 55.5 Å². The van der Waals surface area contributed by atoms with Gasteiger partial charge < -0.3 is 14.6 Å². The van der Waals surface area contributed by atoms with Crippen molar-refractivity contribution in [1.82, 2.24) is 9.97 Å². The lowest BCUT2D eigenvalue weighted by molar-refractivity contribution is 0.597. The van der Waals surface area contributed by atoms with Crippen molar-refractivity contribution >= 4 is 22.8 Å². The van der Waals surface area contributed by atoms with Crippen LogP contribution in [-0.2, 0) is 6.54 Å². The number of rotatable bonds is 4. The fourth-order valence-electron chi connectivity index (χ4n) is 1.92. The molecule has 1 aromatic carbocycles. The average Bonchev–Trinajstić information content (AvgIpc) is 2.89. The van der Waals surface area contributed by atoms with Crippen molar-refractivity contribution in [2.45, 2.75) is 6.54 Å². The van der Waals surface area contributed by atoms with E-state index < -0.39 is 0 Å². The number of nitrogens with zero attached hydrogens (tertiary/aromatic N) is 3. The number of hydrogen-bond acceptors (Lipinski definition) is 5. The second-order valence-corrected chi connectivity index (χ2v) is 4.79. The van der Waals surface area contributed by atoms with Crippen LogP contribution in [0.2, 0.25) is 0 Å². The molecule has 0 saturated carbocycles. The first-order valence-electron chi connectivity index (χ1n) is 6.43. The third-order valence-corrected chi connectivity index (χ3v) is 2.98. The molecule has 5 heteroatoms. The molecule has 0 saturated heterocycles. The third kappa shape index (κ3) is 2.56. The highest BCUT2D eigenvalue weighted by atomic mass is 16.4. The Balaban J connectivity index is 1.78. The normalized spacial score (nSPS) is 10.7. The van der Waals surface area contributed by atoms with Gasteiger partial charge in [0.1, 0.15) is 5.52 Å². The molecule has 5 nitrogen and oxygen atoms in total. The summed E-state index contributed by atoms with van der Waals surface area (Å²) in [7, 11) is 3.82. The van der Waals surface area contributed by atoms with E-state index in [9.17, 15) is 0 Å². The minimum atomic E-state index is 0.615. The van der Waals surface area contributed by atoms with Crippen LogP contribution in [0.1, 0.15) is 5.56 Å². The first-order valence-corrected chi connectivity index (χ1v) is 6.43. The third-order valence-electron chi connectivity index (χ3n) is 2.98. The molecule has 0 unspecified atom stereocenters. The number of hydrogen-bond donors (Lipinski definition) is 1. The second kappa shape index (κ2) is 5.21. The van der Waals surface area contributed by atoms with E-state index in [0.29, 0.717) is 6.01 Å². The summed E-state index contributed by atoms with van der Waals surface area (Å²) in [5, 5.41) is 3.35. The highest BCUT2D eigenvalue weighted by molar-refractivity contribution is 5.78. The van der Waals surface area contributed by atoms with Gasteiger partial charge in [0.15, 0.2) is 5.58 Å². The van der Waals surface area contributed by atoms with Gasteiger partial charge in [-0.05, 0) is 23.8 Å². The van der Waals surface area contributed by atoms with E-state index in [1.165, 1.54) is 0 Å². The van der Waals surface area contributed by atoms with Crippen molar-refractivity contribution in [3.8, 4) is 0 Å². The molecular weight excluding hydrogens is 252 g/mol. The Morgan fingerprint density at radius 2 is 2.15 bits per heavy atom. The Kier molecular flexibility index (Phi) is 3.25. The van der Waals surface area contributed by atoms with Gasteiger partial charge in [-0.2, -0.15) is 4.98 Å². The van der Waals surface area contributed by atoms with Crippen LogP contribution < -0.4 is 10.2 Å². The summed E-state index contributed by atoms with van der Waals surface area (Å²) in [4.78, 5) is 10.3. The monoisotopic (exact) mass is 268 g/mol. The number of nitrogens with one attached hydrogen (secondary N) is 1. The Morgan fingerprint density at radius 3 is 2.90 bits per heavy atom. The van der Waals surface area contributed by atoms with E-state index in [-0.39, 0.29) is 0 Å². The van der Waals surface area contributed by atoms with Gasteiger partial charge in [0, 0.05) is 44.8 Å². The lowest BCUT2D eigenvalue weighted by atomic mass is 10.2. The van der Waals surface area contributed by atoms with Crippen molar-refractivity contribution in [2.75, 3.05) is 24.3 Å². The van der Waals surface area contributed by atoms with Crippen molar-refractivity contribution in [3.63, 3.8) is 0 Å². The minimum absolute atomic E-state index is 0.615. The quantitative estimate of drug-likeness (QED) is 0.788. The zero-order valence-corrected chi connectivity index (χ0v) is 11.5. The van der Waals surface area contributed by atoms with Gasteiger partial charge in [-0.15, -0.1) is 0 Å². The topological polar surface area (TPSA) is 54.2 Å². The predicted molar refractivity (Wildman–Crippen MR) is 79.9 cm³/mol. The summed E-state index contributed by atoms with van der Waals surface area (Å²) in [5.74, 6) is 0. The molecule has 0 aliphatic carbocycles. The molecule has 0 radical (unpaired) electrons. The Hall–Kier alpha value is -2.56. The van der Waals surface area contributed by atoms with Crippen molar-refractivity contribution in [3.05, 3.63) is 48.3 Å². The van der Waals surface area contributed by atoms with Crippen LogP contribution in [0.3, 0.4) is 0 Å². The molecule has 0 fully saturated rings. The van der Waals surface area contributed by atoms with Gasteiger partial charge in [0.05, 0.1) is 0 Å². The summed E-state index contributed by atoms with van der Waals surface area (Å²) in [6, 6.07) is 10.5. The molecule has 102 valence electrons. The Morgan fingerprint density at radius 1 is 1.25 bits per heavy atom. The van der Waals surface area contributed by atoms with Crippen LogP contribution in [0.15, 0.2) is 47.1 Å². The minimum Gasteiger partial charge on any atom is -0.423 e. The van der Waals surface area contributed by atoms with E-state index in [4.69, 9.17) is 4.42 Å². The summed E-state index contributed by atoms with van der Waals surface area (Å²) in [6.45, 7) is 0.730. The SMILES string of the molecule is CN(C)c1nc2ccc(NCc3cccnc3)cc2o1. The molecule has 3 aromatic rings. The Labute approximate surface area is 117 Å². The van der Waals surface area contributed by atoms with E-state index in [1.54, 1.807) is 6.20 Å². The fourth-order valence-corrected chi connectivity index (χ4v) is 1.92. The van der Waals surface area contributed by atoms with E-state index in [2.05, 4.69) is 15.3 Å². The lowest BCUT2D eigenvalue weighted by Crippen LogP contribution is -2.08. The maximum absolute atomic E-state index is 5.68. The fraction of sp³-hybridized carbons (Fsp3) is 0.200. The number of pyridine rings is 1. The van der Waals surface area contributed by atoms with E-state index >= 15 is 0 Å². The first-order chi connectivity index (χ1) is 9.72. The van der Waals surface area contributed by atoms with Gasteiger partial charge in [0.2, 0.25) is 0 Å². The van der Waals surface area contributed by atoms with Crippen LogP contribution in [0.25, 0.3) is 11.1 Å². The molecule has 3 rings (SSSR count). The molecule has 0 amide bonds. The van der Waals surface area contributed by atoms with E-state index in [0.717, 1.165) is 28.9 Å². The molecule has 20 heavy (non-hydrogen) atoms. The Bertz CT molecular complexity index is 706. The smallest absolute Gasteiger partial charge is 0.297 e. The highest BCUT2D eigenvalue weighted by Gasteiger charge is 2.07. The van der Waals surface area contributed by atoms with Crippen LogP contribution in [-0.4, -0.2) is 24.1 Å². The number of benzene rings is 1. The number of aromatic nitrogens is 2. The summed E-state index contributed by atoms with van der Waals surface area (Å²) in [6.07, 6.45) is 3.62. The van der Waals surface area contributed by atoms with Crippen LogP contribution in [0.5, 0.6) is 0 Å². The van der Waals surface area contributed by atoms with Crippen LogP contribution in [0, 0.1) is 0 Å². The number of oxazole rings is 1. The maximum atomic E-state index is 5.68. The highest BCUT2D eigenvalue weighted by Crippen LogP contribution is 2.23. The molecule has 0 atom stereocenters. The largest absolute Gasteiger partial charge is 0.423 e. The zero-order chi connectivity index (χ0) is 13.9. The van der Waals surface area contributed by atoms with Gasteiger partial charge in [-0.1, -0.05) is 6.07 Å². The van der Waals surface area contributed by atoms with Gasteiger partial charge in [0.25, 0.3) is 6.01 Å². The number of anilines is 2. The molecule has 0 aliphatic rings. The van der Waals surface area contributed by atoms with Crippen molar-refractivity contribution in [2.24, 2.45) is 0 Å². The molecule has 2 heterocycles. The summed E-state index contributed by atoms with van der Waals surface area (Å²) >= 11 is 0. The first kappa shape index (κ1) is 12.5. The van der Waals surface area contributed by atoms with Gasteiger partial charge in [-0.3, -0.25) is 4.98 Å². The second-order valence-electron chi connectivity index (χ2n) is 4.79. The molecule has 1 N–H and O–H groups in total.